The topological polar surface area (TPSA) is 47.0 Å². The van der Waals surface area contributed by atoms with Gasteiger partial charge in [-0.15, -0.1) is 10.2 Å². The number of hydrogen-bond acceptors (Lipinski definition) is 5. The van der Waals surface area contributed by atoms with Gasteiger partial charge in [0.1, 0.15) is 5.01 Å². The molecule has 1 aliphatic carbocycles. The summed E-state index contributed by atoms with van der Waals surface area (Å²) in [5.41, 5.74) is 0. The zero-order chi connectivity index (χ0) is 11.0. The van der Waals surface area contributed by atoms with E-state index in [1.807, 2.05) is 6.92 Å². The Kier molecular flexibility index (Phi) is 2.81. The van der Waals surface area contributed by atoms with Gasteiger partial charge in [-0.1, -0.05) is 11.3 Å². The molecule has 3 rings (SSSR count). The maximum absolute atomic E-state index is 5.76. The van der Waals surface area contributed by atoms with Gasteiger partial charge in [0.05, 0.1) is 6.10 Å². The van der Waals surface area contributed by atoms with Gasteiger partial charge in [-0.05, 0) is 32.6 Å². The number of nitrogens with one attached hydrogen (secondary N) is 1. The zero-order valence-electron chi connectivity index (χ0n) is 9.48. The van der Waals surface area contributed by atoms with Crippen LogP contribution in [0.4, 0.5) is 5.13 Å². The number of anilines is 1. The minimum atomic E-state index is 0.486. The molecule has 16 heavy (non-hydrogen) atoms. The summed E-state index contributed by atoms with van der Waals surface area (Å²) < 4.78 is 5.76. The highest BCUT2D eigenvalue weighted by Gasteiger charge is 2.37. The second kappa shape index (κ2) is 4.30. The first-order valence-electron chi connectivity index (χ1n) is 6.01. The molecular formula is C11H17N3OS. The molecule has 0 spiro atoms. The fraction of sp³-hybridized carbons (Fsp3) is 0.818. The van der Waals surface area contributed by atoms with Gasteiger partial charge >= 0.3 is 0 Å². The molecule has 88 valence electrons. The van der Waals surface area contributed by atoms with E-state index in [0.29, 0.717) is 18.1 Å². The Bertz CT molecular complexity index is 368. The number of rotatable bonds is 2. The van der Waals surface area contributed by atoms with Crippen LogP contribution in [0.1, 0.15) is 30.7 Å². The minimum Gasteiger partial charge on any atom is -0.378 e. The van der Waals surface area contributed by atoms with Crippen LogP contribution in [0.5, 0.6) is 0 Å². The summed E-state index contributed by atoms with van der Waals surface area (Å²) in [6, 6.07) is 0.536. The van der Waals surface area contributed by atoms with E-state index in [1.54, 1.807) is 11.3 Å². The molecule has 1 N–H and O–H groups in total. The van der Waals surface area contributed by atoms with Crippen LogP contribution in [0.25, 0.3) is 0 Å². The Morgan fingerprint density at radius 2 is 2.25 bits per heavy atom. The zero-order valence-corrected chi connectivity index (χ0v) is 10.3. The normalized spacial score (nSPS) is 33.7. The Hall–Kier alpha value is -0.680. The van der Waals surface area contributed by atoms with Gasteiger partial charge in [-0.2, -0.15) is 0 Å². The van der Waals surface area contributed by atoms with Crippen molar-refractivity contribution in [2.24, 2.45) is 5.92 Å². The first-order chi connectivity index (χ1) is 7.83. The number of nitrogens with zero attached hydrogens (tertiary/aromatic N) is 2. The Morgan fingerprint density at radius 1 is 1.31 bits per heavy atom. The fourth-order valence-corrected chi connectivity index (χ4v) is 3.52. The highest BCUT2D eigenvalue weighted by atomic mass is 32.1. The molecule has 1 aliphatic heterocycles. The molecule has 1 aromatic heterocycles. The smallest absolute Gasteiger partial charge is 0.205 e. The summed E-state index contributed by atoms with van der Waals surface area (Å²) in [6.07, 6.45) is 5.41. The van der Waals surface area contributed by atoms with Gasteiger partial charge in [0.25, 0.3) is 0 Å². The number of aryl methyl sites for hydroxylation is 1. The first kappa shape index (κ1) is 10.5. The maximum atomic E-state index is 5.76. The van der Waals surface area contributed by atoms with Crippen LogP contribution in [0.15, 0.2) is 0 Å². The van der Waals surface area contributed by atoms with Gasteiger partial charge in [-0.25, -0.2) is 0 Å². The highest BCUT2D eigenvalue weighted by Crippen LogP contribution is 2.36. The highest BCUT2D eigenvalue weighted by molar-refractivity contribution is 7.15. The van der Waals surface area contributed by atoms with E-state index in [1.165, 1.54) is 25.7 Å². The predicted octanol–water partition coefficient (Wildman–Crippen LogP) is 2.22. The minimum absolute atomic E-state index is 0.486. The standard InChI is InChI=1S/C11H17N3OS/c1-7-13-14-11(16-7)12-9-3-2-4-10-8(9)5-6-15-10/h8-10H,2-6H2,1H3,(H,12,14)/t8-,9+,10+/m0/s1. The van der Waals surface area contributed by atoms with Gasteiger partial charge in [0, 0.05) is 18.6 Å². The van der Waals surface area contributed by atoms with Crippen LogP contribution in [0.3, 0.4) is 0 Å². The van der Waals surface area contributed by atoms with Crippen molar-refractivity contribution in [3.63, 3.8) is 0 Å². The molecule has 4 nitrogen and oxygen atoms in total. The number of ether oxygens (including phenoxy) is 1. The third-order valence-corrected chi connectivity index (χ3v) is 4.39. The van der Waals surface area contributed by atoms with Crippen LogP contribution in [0.2, 0.25) is 0 Å². The van der Waals surface area contributed by atoms with Crippen LogP contribution < -0.4 is 5.32 Å². The lowest BCUT2D eigenvalue weighted by Gasteiger charge is -2.32. The van der Waals surface area contributed by atoms with E-state index in [-0.39, 0.29) is 0 Å². The fourth-order valence-electron chi connectivity index (χ4n) is 2.87. The Morgan fingerprint density at radius 3 is 3.06 bits per heavy atom. The summed E-state index contributed by atoms with van der Waals surface area (Å²) in [6.45, 7) is 2.92. The van der Waals surface area contributed by atoms with E-state index in [2.05, 4.69) is 15.5 Å². The second-order valence-electron chi connectivity index (χ2n) is 4.67. The average Bonchev–Trinajstić information content (AvgIpc) is 2.87. The van der Waals surface area contributed by atoms with Crippen LogP contribution in [-0.4, -0.2) is 29.0 Å². The van der Waals surface area contributed by atoms with E-state index in [9.17, 15) is 0 Å². The summed E-state index contributed by atoms with van der Waals surface area (Å²) >= 11 is 1.64. The number of hydrogen-bond donors (Lipinski definition) is 1. The lowest BCUT2D eigenvalue weighted by atomic mass is 9.82. The Labute approximate surface area is 99.4 Å². The monoisotopic (exact) mass is 239 g/mol. The molecule has 0 radical (unpaired) electrons. The summed E-state index contributed by atoms with van der Waals surface area (Å²) in [4.78, 5) is 0. The molecule has 1 saturated heterocycles. The molecule has 5 heteroatoms. The van der Waals surface area contributed by atoms with Crippen LogP contribution >= 0.6 is 11.3 Å². The lowest BCUT2D eigenvalue weighted by molar-refractivity contribution is 0.0620. The molecule has 3 atom stereocenters. The molecule has 0 unspecified atom stereocenters. The molecule has 2 heterocycles. The van der Waals surface area contributed by atoms with Crippen molar-refractivity contribution in [2.75, 3.05) is 11.9 Å². The average molecular weight is 239 g/mol. The molecular weight excluding hydrogens is 222 g/mol. The molecule has 1 saturated carbocycles. The molecule has 2 fully saturated rings. The van der Waals surface area contributed by atoms with Crippen molar-refractivity contribution >= 4 is 16.5 Å². The third kappa shape index (κ3) is 1.94. The largest absolute Gasteiger partial charge is 0.378 e. The van der Waals surface area contributed by atoms with Crippen LogP contribution in [-0.2, 0) is 4.74 Å². The number of fused-ring (bicyclic) bond motifs is 1. The van der Waals surface area contributed by atoms with Crippen LogP contribution in [0, 0.1) is 12.8 Å². The quantitative estimate of drug-likeness (QED) is 0.859. The van der Waals surface area contributed by atoms with E-state index >= 15 is 0 Å². The summed E-state index contributed by atoms with van der Waals surface area (Å²) in [5.74, 6) is 0.679. The number of aromatic nitrogens is 2. The van der Waals surface area contributed by atoms with Crippen molar-refractivity contribution in [1.82, 2.24) is 10.2 Å². The van der Waals surface area contributed by atoms with Gasteiger partial charge in [0.15, 0.2) is 0 Å². The van der Waals surface area contributed by atoms with Gasteiger partial charge in [-0.3, -0.25) is 0 Å². The lowest BCUT2D eigenvalue weighted by Crippen LogP contribution is -2.38. The van der Waals surface area contributed by atoms with Crippen molar-refractivity contribution in [3.8, 4) is 0 Å². The van der Waals surface area contributed by atoms with E-state index in [0.717, 1.165) is 16.7 Å². The summed E-state index contributed by atoms with van der Waals surface area (Å²) in [5, 5.41) is 13.7. The second-order valence-corrected chi connectivity index (χ2v) is 5.85. The van der Waals surface area contributed by atoms with Crippen molar-refractivity contribution in [2.45, 2.75) is 44.8 Å². The van der Waals surface area contributed by atoms with Gasteiger partial charge in [0.2, 0.25) is 5.13 Å². The van der Waals surface area contributed by atoms with E-state index < -0.39 is 0 Å². The maximum Gasteiger partial charge on any atom is 0.205 e. The van der Waals surface area contributed by atoms with Crippen molar-refractivity contribution in [1.29, 1.82) is 0 Å². The van der Waals surface area contributed by atoms with Gasteiger partial charge < -0.3 is 10.1 Å². The Balaban J connectivity index is 1.69. The molecule has 1 aromatic rings. The van der Waals surface area contributed by atoms with Crippen molar-refractivity contribution in [3.05, 3.63) is 5.01 Å². The predicted molar refractivity (Wildman–Crippen MR) is 63.8 cm³/mol. The molecule has 0 aromatic carbocycles. The summed E-state index contributed by atoms with van der Waals surface area (Å²) in [7, 11) is 0. The first-order valence-corrected chi connectivity index (χ1v) is 6.83. The van der Waals surface area contributed by atoms with Crippen molar-refractivity contribution < 1.29 is 4.74 Å². The molecule has 0 bridgehead atoms. The molecule has 2 aliphatic rings. The van der Waals surface area contributed by atoms with E-state index in [4.69, 9.17) is 4.74 Å². The SMILES string of the molecule is Cc1nnc(N[C@@H]2CCC[C@H]3OCC[C@@H]23)s1. The third-order valence-electron chi connectivity index (χ3n) is 3.62. The molecule has 0 amide bonds.